The highest BCUT2D eigenvalue weighted by molar-refractivity contribution is 7.14. The molecule has 2 rings (SSSR count). The normalized spacial score (nSPS) is 20.0. The second-order valence-corrected chi connectivity index (χ2v) is 7.34. The summed E-state index contributed by atoms with van der Waals surface area (Å²) in [6.07, 6.45) is 2.56. The van der Waals surface area contributed by atoms with E-state index in [4.69, 9.17) is 5.11 Å². The molecule has 0 aromatic carbocycles. The van der Waals surface area contributed by atoms with Crippen molar-refractivity contribution >= 4 is 29.3 Å². The number of carbonyl (C=O) groups is 2. The van der Waals surface area contributed by atoms with Crippen LogP contribution in [-0.2, 0) is 4.79 Å². The predicted octanol–water partition coefficient (Wildman–Crippen LogP) is 3.01. The summed E-state index contributed by atoms with van der Waals surface area (Å²) < 4.78 is 0. The molecule has 1 aromatic rings. The Morgan fingerprint density at radius 3 is 2.35 bits per heavy atom. The number of aliphatic carboxylic acids is 1. The highest BCUT2D eigenvalue weighted by atomic mass is 32.1. The number of carboxylic acids is 1. The van der Waals surface area contributed by atoms with Crippen LogP contribution in [0.3, 0.4) is 0 Å². The number of hydrogen-bond donors (Lipinski definition) is 2. The van der Waals surface area contributed by atoms with Crippen molar-refractivity contribution in [2.45, 2.75) is 33.7 Å². The van der Waals surface area contributed by atoms with Gasteiger partial charge in [0.05, 0.1) is 4.88 Å². The van der Waals surface area contributed by atoms with E-state index < -0.39 is 5.97 Å². The molecule has 20 heavy (non-hydrogen) atoms. The van der Waals surface area contributed by atoms with Crippen molar-refractivity contribution in [3.63, 3.8) is 0 Å². The average Bonchev–Trinajstić information content (AvgIpc) is 2.76. The number of amides is 1. The van der Waals surface area contributed by atoms with E-state index in [0.29, 0.717) is 4.88 Å². The lowest BCUT2D eigenvalue weighted by molar-refractivity contribution is -0.131. The van der Waals surface area contributed by atoms with E-state index in [1.54, 1.807) is 12.1 Å². The summed E-state index contributed by atoms with van der Waals surface area (Å²) in [5.74, 6) is -1.08. The van der Waals surface area contributed by atoms with Gasteiger partial charge in [0.15, 0.2) is 0 Å². The molecule has 1 aromatic heterocycles. The van der Waals surface area contributed by atoms with Gasteiger partial charge in [0.25, 0.3) is 5.91 Å². The second kappa shape index (κ2) is 4.74. The summed E-state index contributed by atoms with van der Waals surface area (Å²) in [5.41, 5.74) is 0.206. The Bertz CT molecular complexity index is 570. The molecule has 2 N–H and O–H groups in total. The highest BCUT2D eigenvalue weighted by Crippen LogP contribution is 2.62. The molecule has 0 bridgehead atoms. The third-order valence-electron chi connectivity index (χ3n) is 4.54. The standard InChI is InChI=1S/C15H19NO3S/c1-14(2)13(15(14,3)4)16-12(19)10-7-5-9(20-10)6-8-11(17)18/h5-8,13H,1-4H3,(H,16,19)(H,17,18). The van der Waals surface area contributed by atoms with Crippen molar-refractivity contribution in [1.29, 1.82) is 0 Å². The lowest BCUT2D eigenvalue weighted by Crippen LogP contribution is -2.29. The minimum atomic E-state index is -0.995. The fourth-order valence-electron chi connectivity index (χ4n) is 2.48. The topological polar surface area (TPSA) is 66.4 Å². The van der Waals surface area contributed by atoms with Crippen LogP contribution < -0.4 is 5.32 Å². The van der Waals surface area contributed by atoms with Gasteiger partial charge in [0, 0.05) is 17.0 Å². The van der Waals surface area contributed by atoms with Gasteiger partial charge in [-0.05, 0) is 29.0 Å². The molecule has 1 fully saturated rings. The first-order valence-corrected chi connectivity index (χ1v) is 7.29. The van der Waals surface area contributed by atoms with E-state index in [9.17, 15) is 9.59 Å². The molecule has 1 heterocycles. The van der Waals surface area contributed by atoms with E-state index in [1.807, 2.05) is 0 Å². The van der Waals surface area contributed by atoms with Crippen molar-refractivity contribution in [1.82, 2.24) is 5.32 Å². The number of hydrogen-bond acceptors (Lipinski definition) is 3. The SMILES string of the molecule is CC1(C)C(NC(=O)c2ccc(C=CC(=O)O)s2)C1(C)C. The van der Waals surface area contributed by atoms with Crippen LogP contribution in [0.5, 0.6) is 0 Å². The van der Waals surface area contributed by atoms with E-state index in [1.165, 1.54) is 17.4 Å². The van der Waals surface area contributed by atoms with Crippen molar-refractivity contribution in [2.75, 3.05) is 0 Å². The summed E-state index contributed by atoms with van der Waals surface area (Å²) in [5, 5.41) is 11.6. The van der Waals surface area contributed by atoms with Crippen LogP contribution in [0.25, 0.3) is 6.08 Å². The maximum Gasteiger partial charge on any atom is 0.328 e. The van der Waals surface area contributed by atoms with Crippen molar-refractivity contribution in [3.8, 4) is 0 Å². The maximum atomic E-state index is 12.2. The van der Waals surface area contributed by atoms with Gasteiger partial charge >= 0.3 is 5.97 Å². The molecule has 4 nitrogen and oxygen atoms in total. The van der Waals surface area contributed by atoms with Crippen molar-refractivity contribution < 1.29 is 14.7 Å². The number of thiophene rings is 1. The Balaban J connectivity index is 2.03. The Hall–Kier alpha value is -1.62. The van der Waals surface area contributed by atoms with Crippen LogP contribution >= 0.6 is 11.3 Å². The smallest absolute Gasteiger partial charge is 0.328 e. The Morgan fingerprint density at radius 1 is 1.25 bits per heavy atom. The molecule has 1 amide bonds. The van der Waals surface area contributed by atoms with Gasteiger partial charge in [0.1, 0.15) is 0 Å². The maximum absolute atomic E-state index is 12.2. The fourth-order valence-corrected chi connectivity index (χ4v) is 3.29. The van der Waals surface area contributed by atoms with E-state index in [0.717, 1.165) is 11.0 Å². The molecule has 0 aliphatic heterocycles. The molecule has 1 aliphatic rings. The van der Waals surface area contributed by atoms with Crippen LogP contribution in [0.4, 0.5) is 0 Å². The number of nitrogens with one attached hydrogen (secondary N) is 1. The van der Waals surface area contributed by atoms with Crippen molar-refractivity contribution in [2.24, 2.45) is 10.8 Å². The molecule has 1 saturated carbocycles. The van der Waals surface area contributed by atoms with Gasteiger partial charge < -0.3 is 10.4 Å². The van der Waals surface area contributed by atoms with Crippen LogP contribution in [0.2, 0.25) is 0 Å². The van der Waals surface area contributed by atoms with Crippen LogP contribution in [0, 0.1) is 10.8 Å². The van der Waals surface area contributed by atoms with E-state index in [-0.39, 0.29) is 22.8 Å². The number of carboxylic acid groups (broad SMARTS) is 1. The zero-order valence-corrected chi connectivity index (χ0v) is 12.9. The Labute approximate surface area is 122 Å². The van der Waals surface area contributed by atoms with Crippen LogP contribution in [0.15, 0.2) is 18.2 Å². The summed E-state index contributed by atoms with van der Waals surface area (Å²) in [7, 11) is 0. The third-order valence-corrected chi connectivity index (χ3v) is 5.59. The lowest BCUT2D eigenvalue weighted by Gasteiger charge is -2.04. The molecule has 1 aliphatic carbocycles. The van der Waals surface area contributed by atoms with E-state index >= 15 is 0 Å². The van der Waals surface area contributed by atoms with Gasteiger partial charge in [-0.25, -0.2) is 4.79 Å². The minimum absolute atomic E-state index is 0.0892. The molecule has 0 saturated heterocycles. The zero-order chi connectivity index (χ0) is 15.1. The zero-order valence-electron chi connectivity index (χ0n) is 12.1. The molecule has 5 heteroatoms. The molecular weight excluding hydrogens is 274 g/mol. The summed E-state index contributed by atoms with van der Waals surface area (Å²) in [6, 6.07) is 3.65. The van der Waals surface area contributed by atoms with Crippen LogP contribution in [-0.4, -0.2) is 23.0 Å². The molecular formula is C15H19NO3S. The Morgan fingerprint density at radius 2 is 1.85 bits per heavy atom. The largest absolute Gasteiger partial charge is 0.478 e. The van der Waals surface area contributed by atoms with Crippen LogP contribution in [0.1, 0.15) is 42.2 Å². The van der Waals surface area contributed by atoms with Gasteiger partial charge in [-0.2, -0.15) is 0 Å². The number of rotatable bonds is 4. The molecule has 0 unspecified atom stereocenters. The number of carbonyl (C=O) groups excluding carboxylic acids is 1. The monoisotopic (exact) mass is 293 g/mol. The van der Waals surface area contributed by atoms with Crippen molar-refractivity contribution in [3.05, 3.63) is 28.0 Å². The fraction of sp³-hybridized carbons (Fsp3) is 0.467. The quantitative estimate of drug-likeness (QED) is 0.839. The molecule has 0 atom stereocenters. The first kappa shape index (κ1) is 14.8. The molecule has 108 valence electrons. The van der Waals surface area contributed by atoms with Gasteiger partial charge in [0.2, 0.25) is 0 Å². The summed E-state index contributed by atoms with van der Waals surface area (Å²) in [6.45, 7) is 8.58. The minimum Gasteiger partial charge on any atom is -0.478 e. The van der Waals surface area contributed by atoms with E-state index in [2.05, 4.69) is 33.0 Å². The highest BCUT2D eigenvalue weighted by Gasteiger charge is 2.65. The lowest BCUT2D eigenvalue weighted by atomic mass is 10.0. The Kier molecular flexibility index (Phi) is 3.50. The predicted molar refractivity (Wildman–Crippen MR) is 79.8 cm³/mol. The molecule has 0 radical (unpaired) electrons. The van der Waals surface area contributed by atoms with Gasteiger partial charge in [-0.15, -0.1) is 11.3 Å². The van der Waals surface area contributed by atoms with Gasteiger partial charge in [-0.3, -0.25) is 4.79 Å². The second-order valence-electron chi connectivity index (χ2n) is 6.22. The molecule has 0 spiro atoms. The summed E-state index contributed by atoms with van der Waals surface area (Å²) in [4.78, 5) is 24.0. The van der Waals surface area contributed by atoms with Gasteiger partial charge in [-0.1, -0.05) is 27.7 Å². The average molecular weight is 293 g/mol. The first-order chi connectivity index (χ1) is 9.16. The first-order valence-electron chi connectivity index (χ1n) is 6.48. The third kappa shape index (κ3) is 2.50. The summed E-state index contributed by atoms with van der Waals surface area (Å²) >= 11 is 1.29.